The van der Waals surface area contributed by atoms with Gasteiger partial charge in [-0.3, -0.25) is 4.90 Å². The molecule has 3 rings (SSSR count). The smallest absolute Gasteiger partial charge is 0.0245 e. The third-order valence-electron chi connectivity index (χ3n) is 4.62. The van der Waals surface area contributed by atoms with E-state index in [0.717, 1.165) is 24.5 Å². The Morgan fingerprint density at radius 2 is 2.21 bits per heavy atom. The first-order valence-electron chi connectivity index (χ1n) is 7.85. The average Bonchev–Trinajstić information content (AvgIpc) is 2.96. The van der Waals surface area contributed by atoms with Crippen molar-refractivity contribution < 1.29 is 0 Å². The van der Waals surface area contributed by atoms with E-state index in [1.54, 1.807) is 0 Å². The first-order valence-corrected chi connectivity index (χ1v) is 8.79. The molecule has 2 atom stereocenters. The molecule has 2 aliphatic carbocycles. The Balaban J connectivity index is 1.58. The minimum absolute atomic E-state index is 0.772. The molecule has 3 heteroatoms. The molecule has 1 aromatic heterocycles. The second-order valence-corrected chi connectivity index (χ2v) is 6.93. The Morgan fingerprint density at radius 1 is 1.32 bits per heavy atom. The Labute approximate surface area is 121 Å². The fourth-order valence-corrected chi connectivity index (χ4v) is 4.15. The number of hydrogen-bond donors (Lipinski definition) is 1. The number of nitrogens with zero attached hydrogens (tertiary/aromatic N) is 1. The van der Waals surface area contributed by atoms with Gasteiger partial charge in [-0.1, -0.05) is 13.3 Å². The molecule has 0 radical (unpaired) electrons. The summed E-state index contributed by atoms with van der Waals surface area (Å²) in [7, 11) is 0. The molecule has 2 aliphatic rings. The van der Waals surface area contributed by atoms with Crippen LogP contribution >= 0.6 is 11.3 Å². The molecule has 19 heavy (non-hydrogen) atoms. The zero-order chi connectivity index (χ0) is 13.1. The van der Waals surface area contributed by atoms with Crippen LogP contribution in [0.3, 0.4) is 0 Å². The van der Waals surface area contributed by atoms with Crippen molar-refractivity contribution in [1.82, 2.24) is 10.2 Å². The Morgan fingerprint density at radius 3 is 2.89 bits per heavy atom. The second-order valence-electron chi connectivity index (χ2n) is 6.15. The third-order valence-corrected chi connectivity index (χ3v) is 5.36. The van der Waals surface area contributed by atoms with Crippen LogP contribution in [-0.4, -0.2) is 30.1 Å². The lowest BCUT2D eigenvalue weighted by molar-refractivity contribution is 0.198. The van der Waals surface area contributed by atoms with Crippen LogP contribution in [0.15, 0.2) is 16.8 Å². The number of rotatable bonds is 7. The molecular weight excluding hydrogens is 252 g/mol. The van der Waals surface area contributed by atoms with E-state index in [4.69, 9.17) is 0 Å². The lowest BCUT2D eigenvalue weighted by Gasteiger charge is -2.29. The van der Waals surface area contributed by atoms with Crippen LogP contribution in [0.5, 0.6) is 0 Å². The lowest BCUT2D eigenvalue weighted by atomic mass is 10.0. The minimum atomic E-state index is 0.772. The van der Waals surface area contributed by atoms with E-state index in [2.05, 4.69) is 34.0 Å². The van der Waals surface area contributed by atoms with Crippen molar-refractivity contribution in [3.8, 4) is 0 Å². The number of nitrogens with one attached hydrogen (secondary N) is 1. The highest BCUT2D eigenvalue weighted by Crippen LogP contribution is 2.33. The maximum Gasteiger partial charge on any atom is 0.0245 e. The molecule has 0 amide bonds. The summed E-state index contributed by atoms with van der Waals surface area (Å²) in [5, 5.41) is 8.21. The van der Waals surface area contributed by atoms with Gasteiger partial charge in [-0.15, -0.1) is 0 Å². The predicted octanol–water partition coefficient (Wildman–Crippen LogP) is 3.49. The topological polar surface area (TPSA) is 15.3 Å². The van der Waals surface area contributed by atoms with Crippen LogP contribution < -0.4 is 5.32 Å². The van der Waals surface area contributed by atoms with Crippen molar-refractivity contribution in [2.24, 2.45) is 5.92 Å². The molecule has 1 aromatic rings. The van der Waals surface area contributed by atoms with Crippen LogP contribution in [0.4, 0.5) is 0 Å². The van der Waals surface area contributed by atoms with Crippen molar-refractivity contribution in [3.05, 3.63) is 22.4 Å². The third kappa shape index (κ3) is 3.59. The van der Waals surface area contributed by atoms with Gasteiger partial charge in [0.2, 0.25) is 0 Å². The molecule has 2 fully saturated rings. The van der Waals surface area contributed by atoms with E-state index >= 15 is 0 Å². The van der Waals surface area contributed by atoms with E-state index in [0.29, 0.717) is 0 Å². The SMILES string of the molecule is CCNC1CCCC1CN(Cc1ccsc1)C1CC1. The molecule has 106 valence electrons. The standard InChI is InChI=1S/C16H26N2S/c1-2-17-16-5-3-4-14(16)11-18(15-6-7-15)10-13-8-9-19-12-13/h8-9,12,14-17H,2-7,10-11H2,1H3. The van der Waals surface area contributed by atoms with Crippen molar-refractivity contribution in [1.29, 1.82) is 0 Å². The van der Waals surface area contributed by atoms with Gasteiger partial charge in [-0.25, -0.2) is 0 Å². The zero-order valence-electron chi connectivity index (χ0n) is 12.0. The van der Waals surface area contributed by atoms with E-state index in [-0.39, 0.29) is 0 Å². The van der Waals surface area contributed by atoms with Gasteiger partial charge < -0.3 is 5.32 Å². The minimum Gasteiger partial charge on any atom is -0.314 e. The van der Waals surface area contributed by atoms with Gasteiger partial charge in [0.25, 0.3) is 0 Å². The van der Waals surface area contributed by atoms with Gasteiger partial charge in [-0.05, 0) is 60.5 Å². The summed E-state index contributed by atoms with van der Waals surface area (Å²) in [5.74, 6) is 0.874. The summed E-state index contributed by atoms with van der Waals surface area (Å²) >= 11 is 1.83. The lowest BCUT2D eigenvalue weighted by Crippen LogP contribution is -2.39. The zero-order valence-corrected chi connectivity index (χ0v) is 12.8. The molecule has 0 aromatic carbocycles. The van der Waals surface area contributed by atoms with Gasteiger partial charge in [0.1, 0.15) is 0 Å². The van der Waals surface area contributed by atoms with E-state index < -0.39 is 0 Å². The van der Waals surface area contributed by atoms with Crippen LogP contribution in [0, 0.1) is 5.92 Å². The summed E-state index contributed by atoms with van der Waals surface area (Å²) in [5.41, 5.74) is 1.51. The van der Waals surface area contributed by atoms with E-state index in [1.165, 1.54) is 50.8 Å². The van der Waals surface area contributed by atoms with Crippen LogP contribution in [0.1, 0.15) is 44.6 Å². The van der Waals surface area contributed by atoms with Crippen LogP contribution in [-0.2, 0) is 6.54 Å². The Hall–Kier alpha value is -0.380. The maximum atomic E-state index is 3.69. The van der Waals surface area contributed by atoms with Crippen molar-refractivity contribution in [2.45, 2.75) is 57.7 Å². The predicted molar refractivity (Wildman–Crippen MR) is 82.6 cm³/mol. The summed E-state index contributed by atoms with van der Waals surface area (Å²) in [4.78, 5) is 2.75. The number of thiophene rings is 1. The first kappa shape index (κ1) is 13.6. The molecule has 0 saturated heterocycles. The van der Waals surface area contributed by atoms with Crippen molar-refractivity contribution >= 4 is 11.3 Å². The molecular formula is C16H26N2S. The van der Waals surface area contributed by atoms with Gasteiger partial charge >= 0.3 is 0 Å². The summed E-state index contributed by atoms with van der Waals surface area (Å²) in [6.45, 7) is 5.83. The van der Waals surface area contributed by atoms with Crippen molar-refractivity contribution in [3.63, 3.8) is 0 Å². The highest BCUT2D eigenvalue weighted by Gasteiger charge is 2.34. The van der Waals surface area contributed by atoms with Crippen LogP contribution in [0.25, 0.3) is 0 Å². The highest BCUT2D eigenvalue weighted by molar-refractivity contribution is 7.07. The normalized spacial score (nSPS) is 27.3. The van der Waals surface area contributed by atoms with Gasteiger partial charge in [-0.2, -0.15) is 11.3 Å². The van der Waals surface area contributed by atoms with Gasteiger partial charge in [0, 0.05) is 25.2 Å². The largest absolute Gasteiger partial charge is 0.314 e. The first-order chi connectivity index (χ1) is 9.36. The molecule has 1 N–H and O–H groups in total. The van der Waals surface area contributed by atoms with Gasteiger partial charge in [0.05, 0.1) is 0 Å². The fourth-order valence-electron chi connectivity index (χ4n) is 3.49. The summed E-state index contributed by atoms with van der Waals surface area (Å²) < 4.78 is 0. The molecule has 0 aliphatic heterocycles. The molecule has 0 bridgehead atoms. The monoisotopic (exact) mass is 278 g/mol. The quantitative estimate of drug-likeness (QED) is 0.821. The average molecular weight is 278 g/mol. The molecule has 2 saturated carbocycles. The Bertz CT molecular complexity index is 372. The summed E-state index contributed by atoms with van der Waals surface area (Å²) in [6.07, 6.45) is 7.06. The molecule has 2 nitrogen and oxygen atoms in total. The number of hydrogen-bond acceptors (Lipinski definition) is 3. The highest BCUT2D eigenvalue weighted by atomic mass is 32.1. The summed E-state index contributed by atoms with van der Waals surface area (Å²) in [6, 6.07) is 3.94. The van der Waals surface area contributed by atoms with Crippen molar-refractivity contribution in [2.75, 3.05) is 13.1 Å². The van der Waals surface area contributed by atoms with E-state index in [1.807, 2.05) is 11.3 Å². The van der Waals surface area contributed by atoms with Crippen LogP contribution in [0.2, 0.25) is 0 Å². The fraction of sp³-hybridized carbons (Fsp3) is 0.750. The molecule has 0 spiro atoms. The Kier molecular flexibility index (Phi) is 4.57. The molecule has 2 unspecified atom stereocenters. The second kappa shape index (κ2) is 6.38. The molecule has 1 heterocycles. The van der Waals surface area contributed by atoms with Gasteiger partial charge in [0.15, 0.2) is 0 Å². The van der Waals surface area contributed by atoms with E-state index in [9.17, 15) is 0 Å². The maximum absolute atomic E-state index is 3.69.